The van der Waals surface area contributed by atoms with Gasteiger partial charge < -0.3 is 4.90 Å². The van der Waals surface area contributed by atoms with Gasteiger partial charge in [0, 0.05) is 42.7 Å². The van der Waals surface area contributed by atoms with Gasteiger partial charge in [-0.3, -0.25) is 9.69 Å². The van der Waals surface area contributed by atoms with E-state index in [1.54, 1.807) is 0 Å². The number of amides is 1. The van der Waals surface area contributed by atoms with Crippen LogP contribution in [0.2, 0.25) is 0 Å². The fourth-order valence-corrected chi connectivity index (χ4v) is 3.93. The van der Waals surface area contributed by atoms with E-state index in [4.69, 9.17) is 0 Å². The summed E-state index contributed by atoms with van der Waals surface area (Å²) in [6.07, 6.45) is 2.50. The maximum Gasteiger partial charge on any atom is 0.222 e. The molecule has 25 heavy (non-hydrogen) atoms. The molecule has 1 fully saturated rings. The number of carbonyl (C=O) groups is 1. The summed E-state index contributed by atoms with van der Waals surface area (Å²) in [6, 6.07) is 19.0. The van der Waals surface area contributed by atoms with E-state index in [2.05, 4.69) is 68.8 Å². The van der Waals surface area contributed by atoms with Gasteiger partial charge >= 0.3 is 0 Å². The topological polar surface area (TPSA) is 23.6 Å². The molecule has 4 heteroatoms. The van der Waals surface area contributed by atoms with Crippen LogP contribution >= 0.6 is 22.6 Å². The highest BCUT2D eigenvalue weighted by Crippen LogP contribution is 2.13. The second-order valence-electron chi connectivity index (χ2n) is 6.63. The zero-order valence-electron chi connectivity index (χ0n) is 14.5. The van der Waals surface area contributed by atoms with Gasteiger partial charge in [0.25, 0.3) is 0 Å². The SMILES string of the molecule is O=C(CCc1ccccc1)N1CCCN(Cc2cccc(I)c2)CC1. The van der Waals surface area contributed by atoms with Crippen LogP contribution in [0.1, 0.15) is 24.0 Å². The average molecular weight is 448 g/mol. The molecule has 3 rings (SSSR count). The first-order valence-electron chi connectivity index (χ1n) is 8.99. The van der Waals surface area contributed by atoms with Gasteiger partial charge in [0.2, 0.25) is 5.91 Å². The third-order valence-electron chi connectivity index (χ3n) is 4.71. The number of hydrogen-bond acceptors (Lipinski definition) is 2. The number of nitrogens with zero attached hydrogens (tertiary/aromatic N) is 2. The first kappa shape index (κ1) is 18.4. The molecule has 1 heterocycles. The number of halogens is 1. The minimum atomic E-state index is 0.292. The van der Waals surface area contributed by atoms with Crippen molar-refractivity contribution in [3.05, 3.63) is 69.3 Å². The van der Waals surface area contributed by atoms with Crippen molar-refractivity contribution in [2.75, 3.05) is 26.2 Å². The van der Waals surface area contributed by atoms with Crippen LogP contribution in [0.25, 0.3) is 0 Å². The zero-order chi connectivity index (χ0) is 17.5. The van der Waals surface area contributed by atoms with Crippen molar-refractivity contribution in [2.45, 2.75) is 25.8 Å². The van der Waals surface area contributed by atoms with Crippen molar-refractivity contribution >= 4 is 28.5 Å². The summed E-state index contributed by atoms with van der Waals surface area (Å²) in [7, 11) is 0. The summed E-state index contributed by atoms with van der Waals surface area (Å²) in [6.45, 7) is 4.73. The highest BCUT2D eigenvalue weighted by atomic mass is 127. The number of rotatable bonds is 5. The molecule has 1 saturated heterocycles. The lowest BCUT2D eigenvalue weighted by Gasteiger charge is -2.22. The van der Waals surface area contributed by atoms with E-state index in [1.807, 2.05) is 18.2 Å². The predicted octanol–water partition coefficient (Wildman–Crippen LogP) is 3.96. The van der Waals surface area contributed by atoms with Crippen LogP contribution in [0.5, 0.6) is 0 Å². The molecule has 3 nitrogen and oxygen atoms in total. The van der Waals surface area contributed by atoms with E-state index >= 15 is 0 Å². The second kappa shape index (κ2) is 9.34. The van der Waals surface area contributed by atoms with Crippen LogP contribution in [-0.4, -0.2) is 41.9 Å². The molecule has 0 aliphatic carbocycles. The first-order chi connectivity index (χ1) is 12.2. The van der Waals surface area contributed by atoms with E-state index in [9.17, 15) is 4.79 Å². The largest absolute Gasteiger partial charge is 0.341 e. The van der Waals surface area contributed by atoms with Gasteiger partial charge in [-0.15, -0.1) is 0 Å². The molecule has 0 saturated carbocycles. The van der Waals surface area contributed by atoms with E-state index in [0.29, 0.717) is 12.3 Å². The van der Waals surface area contributed by atoms with Gasteiger partial charge in [0.15, 0.2) is 0 Å². The molecule has 1 amide bonds. The summed E-state index contributed by atoms with van der Waals surface area (Å²) in [5.41, 5.74) is 2.60. The van der Waals surface area contributed by atoms with Gasteiger partial charge in [-0.05, 0) is 58.7 Å². The summed E-state index contributed by atoms with van der Waals surface area (Å²) >= 11 is 2.36. The molecule has 0 bridgehead atoms. The molecule has 0 radical (unpaired) electrons. The number of hydrogen-bond donors (Lipinski definition) is 0. The Morgan fingerprint density at radius 3 is 2.52 bits per heavy atom. The Bertz CT molecular complexity index is 689. The van der Waals surface area contributed by atoms with Crippen molar-refractivity contribution in [2.24, 2.45) is 0 Å². The molecule has 1 aliphatic rings. The Morgan fingerprint density at radius 2 is 1.72 bits per heavy atom. The van der Waals surface area contributed by atoms with Crippen LogP contribution in [0.15, 0.2) is 54.6 Å². The summed E-state index contributed by atoms with van der Waals surface area (Å²) in [5, 5.41) is 0. The minimum absolute atomic E-state index is 0.292. The number of aryl methyl sites for hydroxylation is 1. The third-order valence-corrected chi connectivity index (χ3v) is 5.38. The molecular formula is C21H25IN2O. The first-order valence-corrected chi connectivity index (χ1v) is 10.1. The second-order valence-corrected chi connectivity index (χ2v) is 7.87. The fourth-order valence-electron chi connectivity index (χ4n) is 3.33. The molecule has 2 aromatic carbocycles. The maximum atomic E-state index is 12.5. The molecule has 0 unspecified atom stereocenters. The molecule has 0 atom stereocenters. The van der Waals surface area contributed by atoms with Crippen LogP contribution in [0.3, 0.4) is 0 Å². The van der Waals surface area contributed by atoms with E-state index in [-0.39, 0.29) is 0 Å². The number of benzene rings is 2. The molecule has 2 aromatic rings. The lowest BCUT2D eigenvalue weighted by atomic mass is 10.1. The normalized spacial score (nSPS) is 15.8. The lowest BCUT2D eigenvalue weighted by Crippen LogP contribution is -2.35. The molecule has 132 valence electrons. The smallest absolute Gasteiger partial charge is 0.222 e. The molecular weight excluding hydrogens is 423 g/mol. The predicted molar refractivity (Wildman–Crippen MR) is 110 cm³/mol. The summed E-state index contributed by atoms with van der Waals surface area (Å²) in [5.74, 6) is 0.292. The van der Waals surface area contributed by atoms with Gasteiger partial charge in [-0.25, -0.2) is 0 Å². The summed E-state index contributed by atoms with van der Waals surface area (Å²) < 4.78 is 1.28. The van der Waals surface area contributed by atoms with Crippen LogP contribution in [-0.2, 0) is 17.8 Å². The Balaban J connectivity index is 1.48. The maximum absolute atomic E-state index is 12.5. The van der Waals surface area contributed by atoms with Crippen LogP contribution in [0, 0.1) is 3.57 Å². The number of carbonyl (C=O) groups excluding carboxylic acids is 1. The average Bonchev–Trinajstić information content (AvgIpc) is 2.86. The van der Waals surface area contributed by atoms with Crippen molar-refractivity contribution in [1.82, 2.24) is 9.80 Å². The van der Waals surface area contributed by atoms with Gasteiger partial charge in [-0.1, -0.05) is 42.5 Å². The standard InChI is InChI=1S/C21H25IN2O/c22-20-9-4-8-19(16-20)17-23-12-5-13-24(15-14-23)21(25)11-10-18-6-2-1-3-7-18/h1-4,6-9,16H,5,10-15,17H2. The van der Waals surface area contributed by atoms with Crippen LogP contribution in [0.4, 0.5) is 0 Å². The molecule has 0 aromatic heterocycles. The quantitative estimate of drug-likeness (QED) is 0.647. The molecule has 0 N–H and O–H groups in total. The Hall–Kier alpha value is -1.40. The van der Waals surface area contributed by atoms with Crippen molar-refractivity contribution < 1.29 is 4.79 Å². The minimum Gasteiger partial charge on any atom is -0.341 e. The zero-order valence-corrected chi connectivity index (χ0v) is 16.7. The Kier molecular flexibility index (Phi) is 6.87. The van der Waals surface area contributed by atoms with Gasteiger partial charge in [-0.2, -0.15) is 0 Å². The van der Waals surface area contributed by atoms with Gasteiger partial charge in [0.1, 0.15) is 0 Å². The van der Waals surface area contributed by atoms with Crippen molar-refractivity contribution in [3.8, 4) is 0 Å². The highest BCUT2D eigenvalue weighted by molar-refractivity contribution is 14.1. The van der Waals surface area contributed by atoms with E-state index in [1.165, 1.54) is 14.7 Å². The third kappa shape index (κ3) is 5.82. The Morgan fingerprint density at radius 1 is 0.920 bits per heavy atom. The molecule has 1 aliphatic heterocycles. The van der Waals surface area contributed by atoms with E-state index in [0.717, 1.165) is 45.6 Å². The van der Waals surface area contributed by atoms with Crippen molar-refractivity contribution in [1.29, 1.82) is 0 Å². The highest BCUT2D eigenvalue weighted by Gasteiger charge is 2.19. The fraction of sp³-hybridized carbons (Fsp3) is 0.381. The van der Waals surface area contributed by atoms with E-state index < -0.39 is 0 Å². The van der Waals surface area contributed by atoms with Crippen molar-refractivity contribution in [3.63, 3.8) is 0 Å². The van der Waals surface area contributed by atoms with Crippen LogP contribution < -0.4 is 0 Å². The molecule has 0 spiro atoms. The summed E-state index contributed by atoms with van der Waals surface area (Å²) in [4.78, 5) is 17.1. The lowest BCUT2D eigenvalue weighted by molar-refractivity contribution is -0.131. The van der Waals surface area contributed by atoms with Gasteiger partial charge in [0.05, 0.1) is 0 Å². The monoisotopic (exact) mass is 448 g/mol. The Labute approximate surface area is 164 Å².